The maximum atomic E-state index is 12.4. The number of aromatic hydroxyl groups is 2. The lowest BCUT2D eigenvalue weighted by molar-refractivity contribution is -0.0429. The summed E-state index contributed by atoms with van der Waals surface area (Å²) in [7, 11) is 1.54. The van der Waals surface area contributed by atoms with Crippen LogP contribution in [0.25, 0.3) is 0 Å². The van der Waals surface area contributed by atoms with Crippen molar-refractivity contribution in [3.05, 3.63) is 18.2 Å². The van der Waals surface area contributed by atoms with E-state index >= 15 is 0 Å². The van der Waals surface area contributed by atoms with Crippen LogP contribution in [0.2, 0.25) is 0 Å². The first-order valence-corrected chi connectivity index (χ1v) is 7.64. The highest BCUT2D eigenvalue weighted by Crippen LogP contribution is 2.58. The molecule has 3 atom stereocenters. The van der Waals surface area contributed by atoms with Crippen LogP contribution >= 0.6 is 0 Å². The standard InChI is InChI=1S/C16H22N2O5/c1-5-6-22-15(21)18-8-9(2)7-16(3)12(18)10-11(23-16)14(20)17(4)13(10)19/h5,9,12,19-20H,1,6-8H2,2-4H3/t9-,12-,16-/m0/s1. The van der Waals surface area contributed by atoms with E-state index in [2.05, 4.69) is 6.58 Å². The fourth-order valence-electron chi connectivity index (χ4n) is 3.83. The van der Waals surface area contributed by atoms with E-state index in [0.29, 0.717) is 18.5 Å². The zero-order valence-electron chi connectivity index (χ0n) is 13.6. The van der Waals surface area contributed by atoms with Crippen LogP contribution in [0.1, 0.15) is 31.9 Å². The van der Waals surface area contributed by atoms with Crippen molar-refractivity contribution in [2.45, 2.75) is 31.9 Å². The third-order valence-electron chi connectivity index (χ3n) is 4.64. The van der Waals surface area contributed by atoms with Gasteiger partial charge < -0.3 is 19.7 Å². The van der Waals surface area contributed by atoms with Crippen LogP contribution in [0.3, 0.4) is 0 Å². The van der Waals surface area contributed by atoms with Gasteiger partial charge in [-0.3, -0.25) is 9.47 Å². The van der Waals surface area contributed by atoms with Crippen LogP contribution in [0.15, 0.2) is 12.7 Å². The molecule has 126 valence electrons. The van der Waals surface area contributed by atoms with E-state index in [4.69, 9.17) is 9.47 Å². The zero-order chi connectivity index (χ0) is 16.9. The van der Waals surface area contributed by atoms with Crippen LogP contribution in [0.4, 0.5) is 4.79 Å². The number of nitrogens with zero attached hydrogens (tertiary/aromatic N) is 2. The molecule has 2 N–H and O–H groups in total. The summed E-state index contributed by atoms with van der Waals surface area (Å²) in [6, 6.07) is -0.502. The lowest BCUT2D eigenvalue weighted by atomic mass is 9.80. The van der Waals surface area contributed by atoms with E-state index in [9.17, 15) is 15.0 Å². The van der Waals surface area contributed by atoms with E-state index in [1.165, 1.54) is 17.7 Å². The maximum absolute atomic E-state index is 12.4. The van der Waals surface area contributed by atoms with Crippen LogP contribution in [-0.4, -0.2) is 44.5 Å². The van der Waals surface area contributed by atoms with E-state index in [0.717, 1.165) is 0 Å². The lowest BCUT2D eigenvalue weighted by Gasteiger charge is -2.45. The number of fused-ring (bicyclic) bond motifs is 3. The number of hydrogen-bond donors (Lipinski definition) is 2. The number of carbonyl (C=O) groups is 1. The molecule has 1 aromatic heterocycles. The molecule has 7 nitrogen and oxygen atoms in total. The minimum atomic E-state index is -0.710. The Labute approximate surface area is 134 Å². The Morgan fingerprint density at radius 3 is 2.87 bits per heavy atom. The van der Waals surface area contributed by atoms with Crippen molar-refractivity contribution in [3.63, 3.8) is 0 Å². The number of carbonyl (C=O) groups excluding carboxylic acids is 1. The van der Waals surface area contributed by atoms with Gasteiger partial charge in [0.15, 0.2) is 5.75 Å². The zero-order valence-corrected chi connectivity index (χ0v) is 13.6. The molecule has 0 saturated carbocycles. The van der Waals surface area contributed by atoms with Gasteiger partial charge in [0, 0.05) is 13.6 Å². The van der Waals surface area contributed by atoms with Gasteiger partial charge >= 0.3 is 6.09 Å². The SMILES string of the molecule is C=CCOC(=O)N1C[C@@H](C)C[C@]2(C)Oc3c(c(O)n(C)c3O)[C@H]12. The van der Waals surface area contributed by atoms with Gasteiger partial charge in [0.1, 0.15) is 18.2 Å². The average Bonchev–Trinajstić information content (AvgIpc) is 2.90. The summed E-state index contributed by atoms with van der Waals surface area (Å²) in [5, 5.41) is 20.5. The molecule has 3 rings (SSSR count). The third kappa shape index (κ3) is 2.14. The first-order valence-electron chi connectivity index (χ1n) is 7.64. The molecule has 7 heteroatoms. The molecule has 1 amide bonds. The lowest BCUT2D eigenvalue weighted by Crippen LogP contribution is -2.54. The Balaban J connectivity index is 2.05. The highest BCUT2D eigenvalue weighted by Gasteiger charge is 2.57. The normalized spacial score (nSPS) is 28.7. The maximum Gasteiger partial charge on any atom is 0.410 e. The van der Waals surface area contributed by atoms with Gasteiger partial charge in [0.2, 0.25) is 11.8 Å². The molecule has 1 aromatic rings. The summed E-state index contributed by atoms with van der Waals surface area (Å²) < 4.78 is 12.4. The predicted molar refractivity (Wildman–Crippen MR) is 82.5 cm³/mol. The summed E-state index contributed by atoms with van der Waals surface area (Å²) >= 11 is 0. The van der Waals surface area contributed by atoms with Crippen molar-refractivity contribution in [1.82, 2.24) is 9.47 Å². The van der Waals surface area contributed by atoms with Crippen LogP contribution in [0.5, 0.6) is 17.5 Å². The quantitative estimate of drug-likeness (QED) is 0.816. The van der Waals surface area contributed by atoms with Gasteiger partial charge in [-0.15, -0.1) is 0 Å². The number of hydrogen-bond acceptors (Lipinski definition) is 5. The van der Waals surface area contributed by atoms with Gasteiger partial charge in [0.25, 0.3) is 0 Å². The fraction of sp³-hybridized carbons (Fsp3) is 0.562. The Hall–Kier alpha value is -2.31. The summed E-state index contributed by atoms with van der Waals surface area (Å²) in [6.07, 6.45) is 1.74. The summed E-state index contributed by atoms with van der Waals surface area (Å²) in [5.41, 5.74) is -0.270. The molecule has 0 aliphatic carbocycles. The monoisotopic (exact) mass is 322 g/mol. The number of aromatic nitrogens is 1. The molecule has 0 radical (unpaired) electrons. The third-order valence-corrected chi connectivity index (χ3v) is 4.64. The van der Waals surface area contributed by atoms with Crippen LogP contribution < -0.4 is 4.74 Å². The molecule has 3 heterocycles. The fourth-order valence-corrected chi connectivity index (χ4v) is 3.83. The van der Waals surface area contributed by atoms with Gasteiger partial charge in [-0.1, -0.05) is 19.6 Å². The van der Waals surface area contributed by atoms with E-state index < -0.39 is 17.7 Å². The van der Waals surface area contributed by atoms with Gasteiger partial charge in [-0.25, -0.2) is 4.79 Å². The van der Waals surface area contributed by atoms with Gasteiger partial charge in [-0.2, -0.15) is 0 Å². The minimum absolute atomic E-state index is 0.0951. The van der Waals surface area contributed by atoms with Crippen molar-refractivity contribution in [2.75, 3.05) is 13.2 Å². The molecule has 1 saturated heterocycles. The Kier molecular flexibility index (Phi) is 3.46. The molecule has 1 fully saturated rings. The van der Waals surface area contributed by atoms with Crippen molar-refractivity contribution in [1.29, 1.82) is 0 Å². The average molecular weight is 322 g/mol. The first-order chi connectivity index (χ1) is 10.8. The molecule has 0 spiro atoms. The first kappa shape index (κ1) is 15.6. The molecule has 2 aliphatic rings. The summed E-state index contributed by atoms with van der Waals surface area (Å²) in [5.74, 6) is 0.213. The van der Waals surface area contributed by atoms with E-state index in [1.54, 1.807) is 4.90 Å². The number of piperidine rings is 1. The highest BCUT2D eigenvalue weighted by molar-refractivity contribution is 5.71. The summed E-state index contributed by atoms with van der Waals surface area (Å²) in [4.78, 5) is 14.0. The molecule has 2 aliphatic heterocycles. The van der Waals surface area contributed by atoms with Crippen molar-refractivity contribution >= 4 is 6.09 Å². The number of rotatable bonds is 2. The van der Waals surface area contributed by atoms with Crippen LogP contribution in [-0.2, 0) is 11.8 Å². The molecular formula is C16H22N2O5. The molecule has 23 heavy (non-hydrogen) atoms. The van der Waals surface area contributed by atoms with Gasteiger partial charge in [-0.05, 0) is 19.3 Å². The van der Waals surface area contributed by atoms with E-state index in [1.807, 2.05) is 13.8 Å². The number of likely N-dealkylation sites (tertiary alicyclic amines) is 1. The van der Waals surface area contributed by atoms with Crippen molar-refractivity contribution in [2.24, 2.45) is 13.0 Å². The second-order valence-corrected chi connectivity index (χ2v) is 6.59. The van der Waals surface area contributed by atoms with Crippen molar-refractivity contribution < 1.29 is 24.5 Å². The van der Waals surface area contributed by atoms with Crippen molar-refractivity contribution in [3.8, 4) is 17.5 Å². The predicted octanol–water partition coefficient (Wildman–Crippen LogP) is 2.29. The van der Waals surface area contributed by atoms with E-state index in [-0.39, 0.29) is 30.0 Å². The Morgan fingerprint density at radius 2 is 2.22 bits per heavy atom. The molecular weight excluding hydrogens is 300 g/mol. The topological polar surface area (TPSA) is 84.2 Å². The van der Waals surface area contributed by atoms with Crippen LogP contribution in [0, 0.1) is 5.92 Å². The van der Waals surface area contributed by atoms with Gasteiger partial charge in [0.05, 0.1) is 5.56 Å². The minimum Gasteiger partial charge on any atom is -0.494 e. The largest absolute Gasteiger partial charge is 0.494 e. The second kappa shape index (κ2) is 5.11. The smallest absolute Gasteiger partial charge is 0.410 e. The molecule has 0 unspecified atom stereocenters. The second-order valence-electron chi connectivity index (χ2n) is 6.59. The number of amides is 1. The molecule has 0 bridgehead atoms. The Bertz CT molecular complexity index is 668. The highest BCUT2D eigenvalue weighted by atomic mass is 16.6. The molecule has 0 aromatic carbocycles. The summed E-state index contributed by atoms with van der Waals surface area (Å²) in [6.45, 7) is 8.07. The Morgan fingerprint density at radius 1 is 1.52 bits per heavy atom. The number of ether oxygens (including phenoxy) is 2.